The fraction of sp³-hybridized carbons (Fsp3) is 0.417. The number of carbonyl (C=O) groups is 2. The second-order valence-electron chi connectivity index (χ2n) is 8.34. The molecule has 1 aliphatic heterocycles. The van der Waals surface area contributed by atoms with E-state index in [1.54, 1.807) is 19.1 Å². The number of anilines is 1. The summed E-state index contributed by atoms with van der Waals surface area (Å²) in [6, 6.07) is 9.19. The Hall–Kier alpha value is -2.75. The van der Waals surface area contributed by atoms with Gasteiger partial charge in [-0.05, 0) is 61.6 Å². The highest BCUT2D eigenvalue weighted by atomic mass is 32.2. The summed E-state index contributed by atoms with van der Waals surface area (Å²) in [5, 5.41) is 12.9. The number of sulfonamides is 1. The molecular formula is C24H30N2O6S. The van der Waals surface area contributed by atoms with Gasteiger partial charge in [-0.3, -0.25) is 9.59 Å². The Labute approximate surface area is 194 Å². The summed E-state index contributed by atoms with van der Waals surface area (Å²) in [7, 11) is -4.03. The Morgan fingerprint density at radius 2 is 1.85 bits per heavy atom. The minimum atomic E-state index is -4.03. The number of amides is 1. The van der Waals surface area contributed by atoms with Crippen molar-refractivity contribution in [3.05, 3.63) is 58.7 Å². The fourth-order valence-corrected chi connectivity index (χ4v) is 5.60. The Kier molecular flexibility index (Phi) is 7.56. The van der Waals surface area contributed by atoms with Crippen LogP contribution >= 0.6 is 0 Å². The van der Waals surface area contributed by atoms with Crippen LogP contribution in [0.25, 0.3) is 0 Å². The maximum absolute atomic E-state index is 13.2. The fourth-order valence-electron chi connectivity index (χ4n) is 3.88. The number of aliphatic hydroxyl groups is 1. The zero-order chi connectivity index (χ0) is 24.3. The van der Waals surface area contributed by atoms with Gasteiger partial charge in [0.2, 0.25) is 10.0 Å². The van der Waals surface area contributed by atoms with Gasteiger partial charge >= 0.3 is 5.97 Å². The molecule has 2 aromatic rings. The zero-order valence-electron chi connectivity index (χ0n) is 19.3. The largest absolute Gasteiger partial charge is 0.454 e. The van der Waals surface area contributed by atoms with E-state index < -0.39 is 40.7 Å². The Morgan fingerprint density at radius 1 is 1.12 bits per heavy atom. The van der Waals surface area contributed by atoms with Crippen LogP contribution in [0.1, 0.15) is 35.6 Å². The number of nitrogens with one attached hydrogen (secondary N) is 1. The maximum atomic E-state index is 13.2. The lowest BCUT2D eigenvalue weighted by Crippen LogP contribution is -2.42. The first-order valence-corrected chi connectivity index (χ1v) is 12.3. The van der Waals surface area contributed by atoms with Gasteiger partial charge in [-0.15, -0.1) is 0 Å². The number of hydrogen-bond acceptors (Lipinski definition) is 6. The molecule has 0 aromatic heterocycles. The topological polar surface area (TPSA) is 113 Å². The van der Waals surface area contributed by atoms with Crippen molar-refractivity contribution in [2.45, 2.75) is 57.6 Å². The van der Waals surface area contributed by atoms with E-state index in [0.717, 1.165) is 33.0 Å². The summed E-state index contributed by atoms with van der Waals surface area (Å²) < 4.78 is 32.5. The summed E-state index contributed by atoms with van der Waals surface area (Å²) in [6.07, 6.45) is -0.373. The summed E-state index contributed by atoms with van der Waals surface area (Å²) in [4.78, 5) is 25.2. The highest BCUT2D eigenvalue weighted by Crippen LogP contribution is 2.28. The van der Waals surface area contributed by atoms with E-state index in [1.165, 1.54) is 6.07 Å². The molecule has 0 spiro atoms. The second kappa shape index (κ2) is 10.0. The molecule has 0 radical (unpaired) electrons. The van der Waals surface area contributed by atoms with Crippen LogP contribution in [0.15, 0.2) is 41.3 Å². The lowest BCUT2D eigenvalue weighted by Gasteiger charge is -2.23. The van der Waals surface area contributed by atoms with Crippen molar-refractivity contribution in [3.8, 4) is 0 Å². The van der Waals surface area contributed by atoms with Crippen LogP contribution in [0.4, 0.5) is 5.69 Å². The molecule has 0 bridgehead atoms. The molecule has 2 N–H and O–H groups in total. The van der Waals surface area contributed by atoms with E-state index in [1.807, 2.05) is 39.0 Å². The van der Waals surface area contributed by atoms with Gasteiger partial charge in [-0.25, -0.2) is 8.42 Å². The first kappa shape index (κ1) is 24.9. The van der Waals surface area contributed by atoms with Crippen LogP contribution in [-0.2, 0) is 30.8 Å². The van der Waals surface area contributed by atoms with Crippen LogP contribution in [0.3, 0.4) is 0 Å². The van der Waals surface area contributed by atoms with Crippen molar-refractivity contribution in [2.24, 2.45) is 0 Å². The number of hydrogen-bond donors (Lipinski definition) is 2. The van der Waals surface area contributed by atoms with E-state index in [-0.39, 0.29) is 17.9 Å². The minimum absolute atomic E-state index is 0.0434. The number of ether oxygens (including phenoxy) is 1. The van der Waals surface area contributed by atoms with E-state index in [0.29, 0.717) is 5.69 Å². The molecular weight excluding hydrogens is 444 g/mol. The van der Waals surface area contributed by atoms with Gasteiger partial charge < -0.3 is 15.2 Å². The number of benzene rings is 2. The van der Waals surface area contributed by atoms with Crippen molar-refractivity contribution in [2.75, 3.05) is 18.5 Å². The Balaban J connectivity index is 1.71. The SMILES string of the molecule is CCc1cccc(C)c1NC(=O)COC(=O)[C@@H]1CC(O)CN1S(=O)(=O)c1ccc(C)c(C)c1. The highest BCUT2D eigenvalue weighted by molar-refractivity contribution is 7.89. The molecule has 0 saturated carbocycles. The molecule has 3 rings (SSSR count). The Morgan fingerprint density at radius 3 is 2.52 bits per heavy atom. The van der Waals surface area contributed by atoms with Crippen molar-refractivity contribution in [3.63, 3.8) is 0 Å². The normalized spacial score (nSPS) is 18.8. The van der Waals surface area contributed by atoms with Crippen LogP contribution < -0.4 is 5.32 Å². The van der Waals surface area contributed by atoms with E-state index in [4.69, 9.17) is 4.74 Å². The van der Waals surface area contributed by atoms with Crippen LogP contribution in [0.5, 0.6) is 0 Å². The number of rotatable bonds is 7. The van der Waals surface area contributed by atoms with Gasteiger partial charge in [0, 0.05) is 18.7 Å². The number of β-amino-alcohol motifs (C(OH)–C–C–N with tert-alkyl or cyclic N) is 1. The van der Waals surface area contributed by atoms with Gasteiger partial charge in [0.05, 0.1) is 11.0 Å². The molecule has 1 unspecified atom stereocenters. The third kappa shape index (κ3) is 5.43. The molecule has 1 saturated heterocycles. The summed E-state index contributed by atoms with van der Waals surface area (Å²) >= 11 is 0. The first-order valence-electron chi connectivity index (χ1n) is 10.9. The summed E-state index contributed by atoms with van der Waals surface area (Å²) in [6.45, 7) is 6.74. The number of esters is 1. The van der Waals surface area contributed by atoms with Gasteiger partial charge in [-0.2, -0.15) is 4.31 Å². The predicted molar refractivity (Wildman–Crippen MR) is 124 cm³/mol. The van der Waals surface area contributed by atoms with Gasteiger partial charge in [0.25, 0.3) is 5.91 Å². The predicted octanol–water partition coefficient (Wildman–Crippen LogP) is 2.48. The maximum Gasteiger partial charge on any atom is 0.325 e. The lowest BCUT2D eigenvalue weighted by atomic mass is 10.1. The monoisotopic (exact) mass is 474 g/mol. The number of aliphatic hydroxyl groups excluding tert-OH is 1. The molecule has 9 heteroatoms. The van der Waals surface area contributed by atoms with Crippen LogP contribution in [0.2, 0.25) is 0 Å². The van der Waals surface area contributed by atoms with E-state index in [2.05, 4.69) is 5.32 Å². The zero-order valence-corrected chi connectivity index (χ0v) is 20.1. The van der Waals surface area contributed by atoms with Crippen LogP contribution in [-0.4, -0.2) is 55.0 Å². The molecule has 8 nitrogen and oxygen atoms in total. The van der Waals surface area contributed by atoms with Crippen molar-refractivity contribution < 1.29 is 27.9 Å². The third-order valence-corrected chi connectivity index (χ3v) is 7.81. The molecule has 1 fully saturated rings. The molecule has 33 heavy (non-hydrogen) atoms. The standard InChI is InChI=1S/C24H30N2O6S/c1-5-18-8-6-7-16(3)23(18)25-22(28)14-32-24(29)21-12-19(27)13-26(21)33(30,31)20-10-9-15(2)17(4)11-20/h6-11,19,21,27H,5,12-14H2,1-4H3,(H,25,28)/t19?,21-/m0/s1. The minimum Gasteiger partial charge on any atom is -0.454 e. The average Bonchev–Trinajstić information content (AvgIpc) is 3.18. The summed E-state index contributed by atoms with van der Waals surface area (Å²) in [5.74, 6) is -1.39. The second-order valence-corrected chi connectivity index (χ2v) is 10.2. The first-order chi connectivity index (χ1) is 15.5. The molecule has 178 valence electrons. The molecule has 0 aliphatic carbocycles. The number of nitrogens with zero attached hydrogens (tertiary/aromatic N) is 1. The van der Waals surface area contributed by atoms with Gasteiger partial charge in [0.1, 0.15) is 6.04 Å². The van der Waals surface area contributed by atoms with E-state index in [9.17, 15) is 23.1 Å². The third-order valence-electron chi connectivity index (χ3n) is 5.94. The van der Waals surface area contributed by atoms with Gasteiger partial charge in [0.15, 0.2) is 6.61 Å². The molecule has 1 aliphatic rings. The lowest BCUT2D eigenvalue weighted by molar-refractivity contribution is -0.150. The molecule has 2 atom stereocenters. The number of para-hydroxylation sites is 1. The van der Waals surface area contributed by atoms with Crippen LogP contribution in [0, 0.1) is 20.8 Å². The summed E-state index contributed by atoms with van der Waals surface area (Å²) in [5.41, 5.74) is 4.26. The molecule has 1 heterocycles. The van der Waals surface area contributed by atoms with Gasteiger partial charge in [-0.1, -0.05) is 31.2 Å². The quantitative estimate of drug-likeness (QED) is 0.596. The highest BCUT2D eigenvalue weighted by Gasteiger charge is 2.44. The number of carbonyl (C=O) groups excluding carboxylic acids is 2. The smallest absolute Gasteiger partial charge is 0.325 e. The van der Waals surface area contributed by atoms with E-state index >= 15 is 0 Å². The molecule has 1 amide bonds. The molecule has 2 aromatic carbocycles. The Bertz CT molecular complexity index is 1160. The van der Waals surface area contributed by atoms with Crippen molar-refractivity contribution in [1.29, 1.82) is 0 Å². The average molecular weight is 475 g/mol. The van der Waals surface area contributed by atoms with Crippen molar-refractivity contribution in [1.82, 2.24) is 4.31 Å². The number of aryl methyl sites for hydroxylation is 4. The van der Waals surface area contributed by atoms with Crippen molar-refractivity contribution >= 4 is 27.6 Å².